The minimum absolute atomic E-state index is 0.0412. The van der Waals surface area contributed by atoms with Gasteiger partial charge in [-0.3, -0.25) is 10.1 Å². The zero-order valence-corrected chi connectivity index (χ0v) is 13.7. The van der Waals surface area contributed by atoms with Crippen LogP contribution >= 0.6 is 15.9 Å². The molecule has 0 radical (unpaired) electrons. The van der Waals surface area contributed by atoms with E-state index in [0.717, 1.165) is 6.20 Å². The molecule has 5 nitrogen and oxygen atoms in total. The molecule has 0 aliphatic rings. The van der Waals surface area contributed by atoms with Gasteiger partial charge in [0.15, 0.2) is 11.5 Å². The molecule has 0 amide bonds. The highest BCUT2D eigenvalue weighted by molar-refractivity contribution is 9.10. The van der Waals surface area contributed by atoms with Crippen molar-refractivity contribution in [1.29, 1.82) is 0 Å². The molecule has 7 heteroatoms. The molecule has 2 aromatic rings. The largest absolute Gasteiger partial charge is 0.493 e. The van der Waals surface area contributed by atoms with Gasteiger partial charge in [0.25, 0.3) is 0 Å². The van der Waals surface area contributed by atoms with E-state index in [0.29, 0.717) is 27.1 Å². The van der Waals surface area contributed by atoms with E-state index in [4.69, 9.17) is 9.47 Å². The average Bonchev–Trinajstić information content (AvgIpc) is 2.53. The summed E-state index contributed by atoms with van der Waals surface area (Å²) >= 11 is 3.32. The normalized spacial score (nSPS) is 10.7. The van der Waals surface area contributed by atoms with E-state index < -0.39 is 4.92 Å². The van der Waals surface area contributed by atoms with Crippen LogP contribution in [-0.2, 0) is 6.61 Å². The van der Waals surface area contributed by atoms with Crippen LogP contribution in [0.3, 0.4) is 0 Å². The zero-order chi connectivity index (χ0) is 16.8. The van der Waals surface area contributed by atoms with Crippen LogP contribution in [0.15, 0.2) is 47.1 Å². The minimum atomic E-state index is -0.554. The number of nitrogens with zero attached hydrogens (tertiary/aromatic N) is 1. The molecular weight excluding hydrogens is 369 g/mol. The quantitative estimate of drug-likeness (QED) is 0.548. The molecule has 0 N–H and O–H groups in total. The van der Waals surface area contributed by atoms with Crippen molar-refractivity contribution in [3.63, 3.8) is 0 Å². The van der Waals surface area contributed by atoms with Crippen molar-refractivity contribution in [2.45, 2.75) is 6.61 Å². The summed E-state index contributed by atoms with van der Waals surface area (Å²) in [4.78, 5) is 9.85. The second kappa shape index (κ2) is 7.73. The fourth-order valence-electron chi connectivity index (χ4n) is 1.86. The van der Waals surface area contributed by atoms with Crippen molar-refractivity contribution >= 4 is 22.0 Å². The van der Waals surface area contributed by atoms with Crippen molar-refractivity contribution in [3.8, 4) is 11.5 Å². The van der Waals surface area contributed by atoms with E-state index in [-0.39, 0.29) is 12.4 Å². The SMILES string of the molecule is COc1cc(C=C[N+](=O)[O-])c(Br)cc1OCc1ccccc1F. The van der Waals surface area contributed by atoms with Gasteiger partial charge in [0.1, 0.15) is 12.4 Å². The van der Waals surface area contributed by atoms with E-state index in [1.165, 1.54) is 19.3 Å². The lowest BCUT2D eigenvalue weighted by Crippen LogP contribution is -2.00. The molecule has 0 aliphatic carbocycles. The third kappa shape index (κ3) is 4.53. The average molecular weight is 382 g/mol. The first kappa shape index (κ1) is 17.0. The first-order valence-electron chi connectivity index (χ1n) is 6.56. The Morgan fingerprint density at radius 3 is 2.70 bits per heavy atom. The topological polar surface area (TPSA) is 61.6 Å². The summed E-state index contributed by atoms with van der Waals surface area (Å²) < 4.78 is 25.0. The van der Waals surface area contributed by atoms with Crippen molar-refractivity contribution in [2.75, 3.05) is 7.11 Å². The van der Waals surface area contributed by atoms with Gasteiger partial charge in [-0.05, 0) is 23.8 Å². The Hall–Kier alpha value is -2.41. The maximum atomic E-state index is 13.6. The third-order valence-electron chi connectivity index (χ3n) is 3.00. The van der Waals surface area contributed by atoms with Gasteiger partial charge in [0, 0.05) is 16.1 Å². The van der Waals surface area contributed by atoms with Gasteiger partial charge in [-0.2, -0.15) is 0 Å². The van der Waals surface area contributed by atoms with Gasteiger partial charge in [-0.25, -0.2) is 4.39 Å². The lowest BCUT2D eigenvalue weighted by molar-refractivity contribution is -0.400. The second-order valence-electron chi connectivity index (χ2n) is 4.51. The Kier molecular flexibility index (Phi) is 5.70. The molecule has 0 fully saturated rings. The van der Waals surface area contributed by atoms with E-state index in [1.807, 2.05) is 0 Å². The number of rotatable bonds is 6. The highest BCUT2D eigenvalue weighted by Crippen LogP contribution is 2.34. The van der Waals surface area contributed by atoms with Crippen LogP contribution in [0.25, 0.3) is 6.08 Å². The molecule has 0 spiro atoms. The molecule has 0 heterocycles. The molecule has 0 saturated carbocycles. The second-order valence-corrected chi connectivity index (χ2v) is 5.36. The van der Waals surface area contributed by atoms with Gasteiger partial charge in [-0.15, -0.1) is 0 Å². The molecule has 0 aliphatic heterocycles. The Labute approximate surface area is 140 Å². The standard InChI is InChI=1S/C16H13BrFNO4/c1-22-15-8-11(6-7-19(20)21)13(17)9-16(15)23-10-12-4-2-3-5-14(12)18/h2-9H,10H2,1H3. The first-order valence-corrected chi connectivity index (χ1v) is 7.36. The summed E-state index contributed by atoms with van der Waals surface area (Å²) in [6.45, 7) is 0.0412. The maximum Gasteiger partial charge on any atom is 0.235 e. The van der Waals surface area contributed by atoms with Gasteiger partial charge in [0.05, 0.1) is 12.0 Å². The van der Waals surface area contributed by atoms with Crippen molar-refractivity contribution < 1.29 is 18.8 Å². The van der Waals surface area contributed by atoms with Crippen LogP contribution in [0.2, 0.25) is 0 Å². The van der Waals surface area contributed by atoms with Crippen LogP contribution in [0.1, 0.15) is 11.1 Å². The monoisotopic (exact) mass is 381 g/mol. The van der Waals surface area contributed by atoms with Gasteiger partial charge >= 0.3 is 0 Å². The lowest BCUT2D eigenvalue weighted by Gasteiger charge is -2.13. The fraction of sp³-hybridized carbons (Fsp3) is 0.125. The third-order valence-corrected chi connectivity index (χ3v) is 3.69. The number of halogens is 2. The summed E-state index contributed by atoms with van der Waals surface area (Å²) in [5.74, 6) is 0.449. The Morgan fingerprint density at radius 1 is 1.30 bits per heavy atom. The van der Waals surface area contributed by atoms with Gasteiger partial charge in [0.2, 0.25) is 6.20 Å². The molecule has 0 saturated heterocycles. The van der Waals surface area contributed by atoms with Crippen molar-refractivity contribution in [1.82, 2.24) is 0 Å². The van der Waals surface area contributed by atoms with E-state index in [9.17, 15) is 14.5 Å². The van der Waals surface area contributed by atoms with Crippen LogP contribution in [-0.4, -0.2) is 12.0 Å². The highest BCUT2D eigenvalue weighted by atomic mass is 79.9. The number of benzene rings is 2. The summed E-state index contributed by atoms with van der Waals surface area (Å²) in [6.07, 6.45) is 2.17. The minimum Gasteiger partial charge on any atom is -0.493 e. The van der Waals surface area contributed by atoms with Gasteiger partial charge in [-0.1, -0.05) is 34.1 Å². The molecule has 0 aromatic heterocycles. The van der Waals surface area contributed by atoms with Crippen LogP contribution in [0.4, 0.5) is 4.39 Å². The molecule has 0 unspecified atom stereocenters. The van der Waals surface area contributed by atoms with E-state index in [1.54, 1.807) is 30.3 Å². The molecule has 120 valence electrons. The Morgan fingerprint density at radius 2 is 2.04 bits per heavy atom. The summed E-state index contributed by atoms with van der Waals surface area (Å²) in [5.41, 5.74) is 0.986. The van der Waals surface area contributed by atoms with Gasteiger partial charge < -0.3 is 9.47 Å². The van der Waals surface area contributed by atoms with Crippen LogP contribution in [0, 0.1) is 15.9 Å². The molecule has 2 aromatic carbocycles. The zero-order valence-electron chi connectivity index (χ0n) is 12.2. The summed E-state index contributed by atoms with van der Waals surface area (Å²) in [6, 6.07) is 9.54. The van der Waals surface area contributed by atoms with Crippen molar-refractivity contribution in [2.24, 2.45) is 0 Å². The Balaban J connectivity index is 2.23. The molecule has 23 heavy (non-hydrogen) atoms. The lowest BCUT2D eigenvalue weighted by atomic mass is 10.2. The maximum absolute atomic E-state index is 13.6. The molecule has 2 rings (SSSR count). The van der Waals surface area contributed by atoms with Crippen LogP contribution in [0.5, 0.6) is 11.5 Å². The predicted molar refractivity (Wildman–Crippen MR) is 87.5 cm³/mol. The molecular formula is C16H13BrFNO4. The smallest absolute Gasteiger partial charge is 0.235 e. The fourth-order valence-corrected chi connectivity index (χ4v) is 2.32. The van der Waals surface area contributed by atoms with Crippen LogP contribution < -0.4 is 9.47 Å². The molecule has 0 bridgehead atoms. The number of hydrogen-bond acceptors (Lipinski definition) is 4. The summed E-state index contributed by atoms with van der Waals surface area (Å²) in [5, 5.41) is 10.4. The van der Waals surface area contributed by atoms with Crippen molar-refractivity contribution in [3.05, 3.63) is 74.1 Å². The Bertz CT molecular complexity index is 749. The number of methoxy groups -OCH3 is 1. The predicted octanol–water partition coefficient (Wildman–Crippen LogP) is 4.42. The first-order chi connectivity index (χ1) is 11.0. The number of hydrogen-bond donors (Lipinski definition) is 0. The van der Waals surface area contributed by atoms with E-state index in [2.05, 4.69) is 15.9 Å². The van der Waals surface area contributed by atoms with E-state index >= 15 is 0 Å². The highest BCUT2D eigenvalue weighted by Gasteiger charge is 2.11. The summed E-state index contributed by atoms with van der Waals surface area (Å²) in [7, 11) is 1.46. The number of ether oxygens (including phenoxy) is 2. The number of nitro groups is 1. The molecule has 0 atom stereocenters.